The summed E-state index contributed by atoms with van der Waals surface area (Å²) in [6.45, 7) is 0.465. The van der Waals surface area contributed by atoms with E-state index in [9.17, 15) is 12.3 Å². The highest BCUT2D eigenvalue weighted by molar-refractivity contribution is 7.86. The highest BCUT2D eigenvalue weighted by Gasteiger charge is 2.10. The average molecular weight is 241 g/mol. The van der Waals surface area contributed by atoms with Crippen LogP contribution in [0.5, 0.6) is 0 Å². The summed E-state index contributed by atoms with van der Waals surface area (Å²) in [7, 11) is -4.62. The summed E-state index contributed by atoms with van der Waals surface area (Å²) in [5, 5.41) is 7.39. The quantitative estimate of drug-likeness (QED) is 0.751. The van der Waals surface area contributed by atoms with Crippen LogP contribution < -0.4 is 0 Å². The number of rotatable bonds is 3. The van der Waals surface area contributed by atoms with Gasteiger partial charge in [0.05, 0.1) is 17.6 Å². The van der Waals surface area contributed by atoms with Crippen molar-refractivity contribution in [3.63, 3.8) is 0 Å². The van der Waals surface area contributed by atoms with Gasteiger partial charge in [-0.3, -0.25) is 0 Å². The fourth-order valence-electron chi connectivity index (χ4n) is 1.26. The largest absolute Gasteiger partial charge is 0.332 e. The molecule has 0 saturated carbocycles. The van der Waals surface area contributed by atoms with E-state index < -0.39 is 10.2 Å². The molecule has 2 rings (SSSR count). The van der Waals surface area contributed by atoms with Crippen LogP contribution in [0, 0.1) is 0 Å². The van der Waals surface area contributed by atoms with Crippen molar-refractivity contribution in [2.45, 2.75) is 11.4 Å². The molecule has 5 nitrogen and oxygen atoms in total. The van der Waals surface area contributed by atoms with Gasteiger partial charge in [-0.2, -0.15) is 8.42 Å². The minimum Gasteiger partial charge on any atom is -0.248 e. The molecule has 0 atom stereocenters. The smallest absolute Gasteiger partial charge is 0.248 e. The SMILES string of the molecule is O=S(=O)(F)c1ccc(Cn2ccnn2)cc1. The fraction of sp³-hybridized carbons (Fsp3) is 0.111. The minimum atomic E-state index is -4.62. The van der Waals surface area contributed by atoms with Gasteiger partial charge in [0.15, 0.2) is 0 Å². The number of hydrogen-bond acceptors (Lipinski definition) is 4. The second-order valence-electron chi connectivity index (χ2n) is 3.18. The van der Waals surface area contributed by atoms with E-state index in [1.54, 1.807) is 17.1 Å². The van der Waals surface area contributed by atoms with Crippen LogP contribution in [0.3, 0.4) is 0 Å². The van der Waals surface area contributed by atoms with Crippen LogP contribution in [-0.2, 0) is 16.8 Å². The Hall–Kier alpha value is -1.76. The first-order valence-electron chi connectivity index (χ1n) is 4.43. The zero-order valence-electron chi connectivity index (χ0n) is 8.12. The predicted molar refractivity (Wildman–Crippen MR) is 53.9 cm³/mol. The second-order valence-corrected chi connectivity index (χ2v) is 4.53. The number of aromatic nitrogens is 3. The summed E-state index contributed by atoms with van der Waals surface area (Å²) >= 11 is 0. The lowest BCUT2D eigenvalue weighted by molar-refractivity contribution is 0.552. The van der Waals surface area contributed by atoms with Crippen molar-refractivity contribution in [3.8, 4) is 0 Å². The van der Waals surface area contributed by atoms with Crippen LogP contribution in [-0.4, -0.2) is 23.4 Å². The van der Waals surface area contributed by atoms with Gasteiger partial charge in [0.1, 0.15) is 0 Å². The van der Waals surface area contributed by atoms with Gasteiger partial charge in [0.25, 0.3) is 0 Å². The molecule has 0 aliphatic rings. The van der Waals surface area contributed by atoms with Crippen LogP contribution in [0.1, 0.15) is 5.56 Å². The zero-order chi connectivity index (χ0) is 11.6. The number of nitrogens with zero attached hydrogens (tertiary/aromatic N) is 3. The summed E-state index contributed by atoms with van der Waals surface area (Å²) in [5.74, 6) is 0. The lowest BCUT2D eigenvalue weighted by Crippen LogP contribution is -2.01. The number of halogens is 1. The van der Waals surface area contributed by atoms with Crippen molar-refractivity contribution >= 4 is 10.2 Å². The van der Waals surface area contributed by atoms with Gasteiger partial charge >= 0.3 is 10.2 Å². The standard InChI is InChI=1S/C9H8FN3O2S/c10-16(14,15)9-3-1-8(2-4-9)7-13-6-5-11-12-13/h1-6H,7H2. The summed E-state index contributed by atoms with van der Waals surface area (Å²) in [4.78, 5) is -0.338. The Morgan fingerprint density at radius 2 is 1.94 bits per heavy atom. The Morgan fingerprint density at radius 3 is 2.44 bits per heavy atom. The maximum atomic E-state index is 12.6. The molecule has 0 aliphatic heterocycles. The van der Waals surface area contributed by atoms with E-state index in [4.69, 9.17) is 0 Å². The molecule has 84 valence electrons. The van der Waals surface area contributed by atoms with Crippen molar-refractivity contribution in [3.05, 3.63) is 42.2 Å². The van der Waals surface area contributed by atoms with Gasteiger partial charge in [-0.25, -0.2) is 4.68 Å². The number of hydrogen-bond donors (Lipinski definition) is 0. The fourth-order valence-corrected chi connectivity index (χ4v) is 1.72. The lowest BCUT2D eigenvalue weighted by atomic mass is 10.2. The summed E-state index contributed by atoms with van der Waals surface area (Å²) in [6, 6.07) is 5.52. The maximum Gasteiger partial charge on any atom is 0.332 e. The van der Waals surface area contributed by atoms with Gasteiger partial charge in [0.2, 0.25) is 0 Å². The Labute approximate surface area is 91.7 Å². The van der Waals surface area contributed by atoms with E-state index >= 15 is 0 Å². The molecule has 0 N–H and O–H groups in total. The normalized spacial score (nSPS) is 11.6. The van der Waals surface area contributed by atoms with Gasteiger partial charge in [-0.1, -0.05) is 17.3 Å². The van der Waals surface area contributed by atoms with Crippen LogP contribution in [0.15, 0.2) is 41.6 Å². The molecule has 0 fully saturated rings. The Bertz CT molecular complexity index is 563. The Balaban J connectivity index is 2.20. The second kappa shape index (κ2) is 4.01. The molecular formula is C9H8FN3O2S. The topological polar surface area (TPSA) is 64.8 Å². The molecule has 7 heteroatoms. The summed E-state index contributed by atoms with van der Waals surface area (Å²) in [5.41, 5.74) is 0.818. The van der Waals surface area contributed by atoms with E-state index in [-0.39, 0.29) is 4.90 Å². The van der Waals surface area contributed by atoms with Crippen molar-refractivity contribution in [2.24, 2.45) is 0 Å². The molecule has 0 radical (unpaired) electrons. The van der Waals surface area contributed by atoms with Crippen molar-refractivity contribution in [1.29, 1.82) is 0 Å². The molecule has 1 heterocycles. The van der Waals surface area contributed by atoms with Crippen molar-refractivity contribution < 1.29 is 12.3 Å². The third kappa shape index (κ3) is 2.43. The highest BCUT2D eigenvalue weighted by atomic mass is 32.3. The van der Waals surface area contributed by atoms with E-state index in [0.717, 1.165) is 5.56 Å². The van der Waals surface area contributed by atoms with Gasteiger partial charge < -0.3 is 0 Å². The molecule has 1 aromatic heterocycles. The first-order chi connectivity index (χ1) is 7.55. The lowest BCUT2D eigenvalue weighted by Gasteiger charge is -2.01. The van der Waals surface area contributed by atoms with Crippen molar-refractivity contribution in [1.82, 2.24) is 15.0 Å². The van der Waals surface area contributed by atoms with Gasteiger partial charge in [-0.15, -0.1) is 8.98 Å². The first kappa shape index (κ1) is 10.7. The van der Waals surface area contributed by atoms with Crippen LogP contribution in [0.4, 0.5) is 3.89 Å². The van der Waals surface area contributed by atoms with Crippen LogP contribution in [0.2, 0.25) is 0 Å². The average Bonchev–Trinajstić information content (AvgIpc) is 2.70. The monoisotopic (exact) mass is 241 g/mol. The maximum absolute atomic E-state index is 12.6. The molecular weight excluding hydrogens is 233 g/mol. The molecule has 0 amide bonds. The molecule has 0 saturated heterocycles. The summed E-state index contributed by atoms with van der Waals surface area (Å²) < 4.78 is 35.3. The van der Waals surface area contributed by atoms with E-state index in [1.165, 1.54) is 24.3 Å². The Kier molecular flexibility index (Phi) is 2.69. The minimum absolute atomic E-state index is 0.338. The van der Waals surface area contributed by atoms with Gasteiger partial charge in [-0.05, 0) is 17.7 Å². The number of benzene rings is 1. The molecule has 2 aromatic rings. The molecule has 1 aromatic carbocycles. The molecule has 16 heavy (non-hydrogen) atoms. The zero-order valence-corrected chi connectivity index (χ0v) is 8.93. The molecule has 0 aliphatic carbocycles. The van der Waals surface area contributed by atoms with E-state index in [2.05, 4.69) is 10.3 Å². The Morgan fingerprint density at radius 1 is 1.25 bits per heavy atom. The summed E-state index contributed by atoms with van der Waals surface area (Å²) in [6.07, 6.45) is 3.22. The predicted octanol–water partition coefficient (Wildman–Crippen LogP) is 0.985. The molecule has 0 spiro atoms. The van der Waals surface area contributed by atoms with Crippen LogP contribution >= 0.6 is 0 Å². The van der Waals surface area contributed by atoms with E-state index in [0.29, 0.717) is 6.54 Å². The van der Waals surface area contributed by atoms with Crippen LogP contribution in [0.25, 0.3) is 0 Å². The van der Waals surface area contributed by atoms with Crippen molar-refractivity contribution in [2.75, 3.05) is 0 Å². The third-order valence-electron chi connectivity index (χ3n) is 2.02. The first-order valence-corrected chi connectivity index (χ1v) is 5.82. The van der Waals surface area contributed by atoms with E-state index in [1.807, 2.05) is 0 Å². The molecule has 0 unspecified atom stereocenters. The highest BCUT2D eigenvalue weighted by Crippen LogP contribution is 2.13. The third-order valence-corrected chi connectivity index (χ3v) is 2.86. The molecule has 0 bridgehead atoms. The van der Waals surface area contributed by atoms with Gasteiger partial charge in [0, 0.05) is 6.20 Å².